The highest BCUT2D eigenvalue weighted by molar-refractivity contribution is 7.17. The van der Waals surface area contributed by atoms with Crippen molar-refractivity contribution >= 4 is 33.3 Å². The summed E-state index contributed by atoms with van der Waals surface area (Å²) in [5.74, 6) is 1.71. The Balaban J connectivity index is 1.61. The molecule has 0 radical (unpaired) electrons. The Morgan fingerprint density at radius 2 is 2.24 bits per heavy atom. The topological polar surface area (TPSA) is 58.6 Å². The number of anilines is 1. The molecule has 0 N–H and O–H groups in total. The molecule has 4 rings (SSSR count). The summed E-state index contributed by atoms with van der Waals surface area (Å²) in [5.41, 5.74) is 0.843. The number of hydrogen-bond donors (Lipinski definition) is 0. The van der Waals surface area contributed by atoms with E-state index < -0.39 is 0 Å². The average molecular weight is 360 g/mol. The molecule has 0 aromatic carbocycles. The summed E-state index contributed by atoms with van der Waals surface area (Å²) < 4.78 is 7.03. The van der Waals surface area contributed by atoms with Crippen LogP contribution in [0.15, 0.2) is 17.8 Å². The number of thiophene rings is 1. The summed E-state index contributed by atoms with van der Waals surface area (Å²) in [6, 6.07) is 2.03. The molecule has 0 aliphatic carbocycles. The lowest BCUT2D eigenvalue weighted by Crippen LogP contribution is -2.41. The average Bonchev–Trinajstić information content (AvgIpc) is 3.09. The van der Waals surface area contributed by atoms with Crippen molar-refractivity contribution in [3.8, 4) is 0 Å². The number of nitrogens with zero attached hydrogens (tertiary/aromatic N) is 4. The van der Waals surface area contributed by atoms with Gasteiger partial charge in [-0.15, -0.1) is 11.3 Å². The van der Waals surface area contributed by atoms with Gasteiger partial charge in [-0.05, 0) is 17.4 Å². The second-order valence-corrected chi connectivity index (χ2v) is 8.57. The van der Waals surface area contributed by atoms with Crippen LogP contribution in [0.5, 0.6) is 0 Å². The van der Waals surface area contributed by atoms with Gasteiger partial charge in [0, 0.05) is 38.0 Å². The van der Waals surface area contributed by atoms with Gasteiger partial charge in [-0.25, -0.2) is 9.97 Å². The minimum absolute atomic E-state index is 0.142. The number of fused-ring (bicyclic) bond motifs is 1. The molecule has 2 aliphatic heterocycles. The van der Waals surface area contributed by atoms with Crippen molar-refractivity contribution in [2.75, 3.05) is 44.3 Å². The van der Waals surface area contributed by atoms with Crippen molar-refractivity contribution in [2.24, 2.45) is 11.3 Å². The summed E-state index contributed by atoms with van der Waals surface area (Å²) in [6.07, 6.45) is 2.20. The lowest BCUT2D eigenvalue weighted by atomic mass is 9.87. The molecule has 4 heterocycles. The first-order chi connectivity index (χ1) is 12.1. The number of ether oxygens (including phenoxy) is 1. The normalized spacial score (nSPS) is 24.7. The van der Waals surface area contributed by atoms with Gasteiger partial charge in [0.25, 0.3) is 0 Å². The molecule has 6 nitrogen and oxygen atoms in total. The van der Waals surface area contributed by atoms with Crippen LogP contribution in [-0.4, -0.2) is 60.2 Å². The summed E-state index contributed by atoms with van der Waals surface area (Å²) in [5, 5.41) is 2.05. The second kappa shape index (κ2) is 6.53. The zero-order valence-electron chi connectivity index (χ0n) is 14.8. The van der Waals surface area contributed by atoms with Crippen LogP contribution in [0.25, 0.3) is 10.2 Å². The molecule has 0 saturated carbocycles. The van der Waals surface area contributed by atoms with Gasteiger partial charge in [0.05, 0.1) is 23.4 Å². The fraction of sp³-hybridized carbons (Fsp3) is 0.611. The molecule has 2 aromatic rings. The highest BCUT2D eigenvalue weighted by Crippen LogP contribution is 2.37. The van der Waals surface area contributed by atoms with Crippen LogP contribution in [0.1, 0.15) is 20.3 Å². The number of hydrogen-bond acceptors (Lipinski definition) is 6. The Bertz CT molecular complexity index is 777. The molecule has 1 unspecified atom stereocenters. The third-order valence-electron chi connectivity index (χ3n) is 4.95. The van der Waals surface area contributed by atoms with Crippen LogP contribution in [0.2, 0.25) is 0 Å². The van der Waals surface area contributed by atoms with Crippen molar-refractivity contribution in [2.45, 2.75) is 20.3 Å². The third-order valence-corrected chi connectivity index (χ3v) is 5.85. The highest BCUT2D eigenvalue weighted by atomic mass is 32.1. The van der Waals surface area contributed by atoms with E-state index in [4.69, 9.17) is 4.74 Å². The van der Waals surface area contributed by atoms with E-state index in [0.717, 1.165) is 42.2 Å². The third kappa shape index (κ3) is 3.22. The van der Waals surface area contributed by atoms with Gasteiger partial charge >= 0.3 is 0 Å². The number of likely N-dealkylation sites (tertiary alicyclic amines) is 1. The van der Waals surface area contributed by atoms with Gasteiger partial charge < -0.3 is 14.5 Å². The Morgan fingerprint density at radius 1 is 1.36 bits per heavy atom. The van der Waals surface area contributed by atoms with E-state index in [0.29, 0.717) is 25.6 Å². The van der Waals surface area contributed by atoms with Gasteiger partial charge in [0.2, 0.25) is 5.91 Å². The lowest BCUT2D eigenvalue weighted by Gasteiger charge is -2.32. The SMILES string of the molecule is CC(C)CN1CC2(COCCN(c3ncnc4ccsc34)C2)CC1=O. The quantitative estimate of drug-likeness (QED) is 0.841. The van der Waals surface area contributed by atoms with Crippen LogP contribution in [-0.2, 0) is 9.53 Å². The molecule has 1 amide bonds. The van der Waals surface area contributed by atoms with Crippen LogP contribution in [0.3, 0.4) is 0 Å². The molecule has 134 valence electrons. The van der Waals surface area contributed by atoms with Crippen molar-refractivity contribution in [3.05, 3.63) is 17.8 Å². The molecule has 2 aromatic heterocycles. The summed E-state index contributed by atoms with van der Waals surface area (Å²) >= 11 is 1.67. The zero-order valence-corrected chi connectivity index (χ0v) is 15.6. The summed E-state index contributed by atoms with van der Waals surface area (Å²) in [4.78, 5) is 25.7. The smallest absolute Gasteiger partial charge is 0.223 e. The zero-order chi connectivity index (χ0) is 17.4. The monoisotopic (exact) mass is 360 g/mol. The van der Waals surface area contributed by atoms with Gasteiger partial charge in [-0.3, -0.25) is 4.79 Å². The molecular weight excluding hydrogens is 336 g/mol. The van der Waals surface area contributed by atoms with E-state index in [-0.39, 0.29) is 11.3 Å². The van der Waals surface area contributed by atoms with Crippen LogP contribution >= 0.6 is 11.3 Å². The number of amides is 1. The standard InChI is InChI=1S/C18H24N4O2S/c1-13(2)8-22-10-18(7-15(22)23)9-21(4-5-24-11-18)17-16-14(3-6-25-16)19-12-20-17/h3,6,12-13H,4-5,7-11H2,1-2H3. The van der Waals surface area contributed by atoms with Crippen LogP contribution in [0, 0.1) is 11.3 Å². The Labute approximate surface area is 151 Å². The molecular formula is C18H24N4O2S. The molecule has 1 atom stereocenters. The maximum atomic E-state index is 12.5. The minimum Gasteiger partial charge on any atom is -0.379 e. The Kier molecular flexibility index (Phi) is 4.37. The maximum Gasteiger partial charge on any atom is 0.223 e. The molecule has 2 fully saturated rings. The Morgan fingerprint density at radius 3 is 3.08 bits per heavy atom. The van der Waals surface area contributed by atoms with Crippen molar-refractivity contribution < 1.29 is 9.53 Å². The predicted molar refractivity (Wildman–Crippen MR) is 98.9 cm³/mol. The molecule has 0 bridgehead atoms. The fourth-order valence-electron chi connectivity index (χ4n) is 3.97. The van der Waals surface area contributed by atoms with Crippen LogP contribution in [0.4, 0.5) is 5.82 Å². The molecule has 7 heteroatoms. The second-order valence-electron chi connectivity index (χ2n) is 7.65. The van der Waals surface area contributed by atoms with Gasteiger partial charge in [0.15, 0.2) is 0 Å². The molecule has 1 spiro atoms. The van der Waals surface area contributed by atoms with Gasteiger partial charge in [-0.1, -0.05) is 13.8 Å². The van der Waals surface area contributed by atoms with Crippen molar-refractivity contribution in [1.29, 1.82) is 0 Å². The van der Waals surface area contributed by atoms with E-state index in [1.165, 1.54) is 0 Å². The number of rotatable bonds is 3. The van der Waals surface area contributed by atoms with Gasteiger partial charge in [0.1, 0.15) is 12.1 Å². The van der Waals surface area contributed by atoms with Gasteiger partial charge in [-0.2, -0.15) is 0 Å². The first kappa shape index (κ1) is 16.7. The van der Waals surface area contributed by atoms with E-state index in [1.54, 1.807) is 17.7 Å². The first-order valence-electron chi connectivity index (χ1n) is 8.85. The van der Waals surface area contributed by atoms with Crippen molar-refractivity contribution in [1.82, 2.24) is 14.9 Å². The van der Waals surface area contributed by atoms with E-state index in [2.05, 4.69) is 34.1 Å². The number of aromatic nitrogens is 2. The van der Waals surface area contributed by atoms with Crippen LogP contribution < -0.4 is 4.90 Å². The lowest BCUT2D eigenvalue weighted by molar-refractivity contribution is -0.128. The molecule has 25 heavy (non-hydrogen) atoms. The molecule has 2 saturated heterocycles. The maximum absolute atomic E-state index is 12.5. The Hall–Kier alpha value is -1.73. The largest absolute Gasteiger partial charge is 0.379 e. The number of carbonyl (C=O) groups excluding carboxylic acids is 1. The predicted octanol–water partition coefficient (Wildman–Crippen LogP) is 2.40. The van der Waals surface area contributed by atoms with E-state index in [1.807, 2.05) is 11.0 Å². The first-order valence-corrected chi connectivity index (χ1v) is 9.73. The highest BCUT2D eigenvalue weighted by Gasteiger charge is 2.46. The molecule has 2 aliphatic rings. The minimum atomic E-state index is -0.142. The van der Waals surface area contributed by atoms with E-state index >= 15 is 0 Å². The summed E-state index contributed by atoms with van der Waals surface area (Å²) in [7, 11) is 0. The van der Waals surface area contributed by atoms with E-state index in [9.17, 15) is 4.79 Å². The number of carbonyl (C=O) groups is 1. The van der Waals surface area contributed by atoms with Crippen molar-refractivity contribution in [3.63, 3.8) is 0 Å². The fourth-order valence-corrected chi connectivity index (χ4v) is 4.83. The summed E-state index contributed by atoms with van der Waals surface area (Å²) in [6.45, 7) is 8.81.